The van der Waals surface area contributed by atoms with Gasteiger partial charge in [-0.1, -0.05) is 25.3 Å². The lowest BCUT2D eigenvalue weighted by Gasteiger charge is -2.21. The first-order valence-corrected chi connectivity index (χ1v) is 12.1. The molecule has 0 unspecified atom stereocenters. The van der Waals surface area contributed by atoms with Gasteiger partial charge in [-0.15, -0.1) is 0 Å². The van der Waals surface area contributed by atoms with E-state index < -0.39 is 11.9 Å². The van der Waals surface area contributed by atoms with E-state index in [-0.39, 0.29) is 34.7 Å². The van der Waals surface area contributed by atoms with Crippen molar-refractivity contribution in [2.45, 2.75) is 57.9 Å². The molecule has 0 spiro atoms. The van der Waals surface area contributed by atoms with Gasteiger partial charge in [0.2, 0.25) is 0 Å². The Morgan fingerprint density at radius 1 is 1.11 bits per heavy atom. The monoisotopic (exact) mass is 476 g/mol. The third kappa shape index (κ3) is 4.48. The van der Waals surface area contributed by atoms with Crippen LogP contribution in [-0.4, -0.2) is 49.0 Å². The van der Waals surface area contributed by atoms with Crippen molar-refractivity contribution in [3.63, 3.8) is 0 Å². The van der Waals surface area contributed by atoms with E-state index in [9.17, 15) is 19.5 Å². The predicted molar refractivity (Wildman–Crippen MR) is 126 cm³/mol. The minimum absolute atomic E-state index is 0.125. The van der Waals surface area contributed by atoms with Gasteiger partial charge in [0.05, 0.1) is 11.6 Å². The summed E-state index contributed by atoms with van der Waals surface area (Å²) in [5.41, 5.74) is 3.17. The fraction of sp³-hybridized carbons (Fsp3) is 0.440. The molecule has 5 rings (SSSR count). The van der Waals surface area contributed by atoms with E-state index in [1.54, 1.807) is 19.1 Å². The molecule has 0 aliphatic heterocycles. The number of benzene rings is 1. The Balaban J connectivity index is 1.36. The van der Waals surface area contributed by atoms with Gasteiger partial charge in [0.1, 0.15) is 17.7 Å². The van der Waals surface area contributed by atoms with E-state index in [0.29, 0.717) is 25.3 Å². The van der Waals surface area contributed by atoms with Gasteiger partial charge in [-0.2, -0.15) is 14.6 Å². The number of carboxylic acids is 1. The molecule has 1 atom stereocenters. The average Bonchev–Trinajstić information content (AvgIpc) is 3.50. The van der Waals surface area contributed by atoms with Gasteiger partial charge >= 0.3 is 5.97 Å². The zero-order valence-corrected chi connectivity index (χ0v) is 19.6. The molecular weight excluding hydrogens is 448 g/mol. The molecule has 0 radical (unpaired) electrons. The van der Waals surface area contributed by atoms with Gasteiger partial charge in [0, 0.05) is 12.6 Å². The topological polar surface area (TPSA) is 139 Å². The van der Waals surface area contributed by atoms with Crippen molar-refractivity contribution in [3.05, 3.63) is 58.2 Å². The van der Waals surface area contributed by atoms with Crippen molar-refractivity contribution >= 4 is 23.6 Å². The van der Waals surface area contributed by atoms with E-state index in [4.69, 9.17) is 0 Å². The molecule has 1 fully saturated rings. The minimum Gasteiger partial charge on any atom is -0.478 e. The standard InChI is InChI=1S/C25H28N6O4/c1-14-16-9-10-19(18(16)8-7-17(14)24(34)35)29-23(33)21-11-20(30-25-27-13-28-31(21)25)22(32)26-12-15-5-3-2-4-6-15/h7-8,11,13,15,19H,2-6,9-10,12H2,1H3,(H,26,32)(H,29,33)(H,34,35)/t19-/m0/s1. The maximum Gasteiger partial charge on any atom is 0.335 e. The molecule has 35 heavy (non-hydrogen) atoms. The molecule has 10 nitrogen and oxygen atoms in total. The second kappa shape index (κ2) is 9.44. The van der Waals surface area contributed by atoms with Crippen molar-refractivity contribution in [2.75, 3.05) is 6.54 Å². The number of hydrogen-bond donors (Lipinski definition) is 3. The summed E-state index contributed by atoms with van der Waals surface area (Å²) in [6.45, 7) is 2.39. The van der Waals surface area contributed by atoms with Crippen LogP contribution in [-0.2, 0) is 6.42 Å². The van der Waals surface area contributed by atoms with E-state index in [0.717, 1.165) is 29.5 Å². The number of hydrogen-bond acceptors (Lipinski definition) is 6. The van der Waals surface area contributed by atoms with Crippen LogP contribution in [0.3, 0.4) is 0 Å². The summed E-state index contributed by atoms with van der Waals surface area (Å²) in [4.78, 5) is 46.0. The third-order valence-electron chi connectivity index (χ3n) is 7.22. The highest BCUT2D eigenvalue weighted by Crippen LogP contribution is 2.35. The molecule has 2 amide bonds. The normalized spacial score (nSPS) is 17.8. The number of carboxylic acid groups (broad SMARTS) is 1. The second-order valence-electron chi connectivity index (χ2n) is 9.39. The molecule has 0 saturated heterocycles. The highest BCUT2D eigenvalue weighted by molar-refractivity contribution is 5.98. The van der Waals surface area contributed by atoms with Crippen molar-refractivity contribution < 1.29 is 19.5 Å². The highest BCUT2D eigenvalue weighted by atomic mass is 16.4. The maximum absolute atomic E-state index is 13.3. The molecule has 3 aromatic rings. The molecule has 0 bridgehead atoms. The summed E-state index contributed by atoms with van der Waals surface area (Å²) in [7, 11) is 0. The molecule has 2 aliphatic carbocycles. The molecule has 3 N–H and O–H groups in total. The van der Waals surface area contributed by atoms with Crippen molar-refractivity contribution in [1.29, 1.82) is 0 Å². The van der Waals surface area contributed by atoms with Crippen molar-refractivity contribution in [1.82, 2.24) is 30.2 Å². The number of amides is 2. The van der Waals surface area contributed by atoms with Crippen molar-refractivity contribution in [3.8, 4) is 0 Å². The second-order valence-corrected chi connectivity index (χ2v) is 9.39. The molecule has 182 valence electrons. The number of nitrogens with zero attached hydrogens (tertiary/aromatic N) is 4. The smallest absolute Gasteiger partial charge is 0.335 e. The molecule has 1 saturated carbocycles. The lowest BCUT2D eigenvalue weighted by atomic mass is 9.89. The van der Waals surface area contributed by atoms with Crippen LogP contribution in [0.4, 0.5) is 0 Å². The summed E-state index contributed by atoms with van der Waals surface area (Å²) in [6.07, 6.45) is 8.49. The SMILES string of the molecule is Cc1c(C(=O)O)ccc2c1CC[C@@H]2NC(=O)c1cc(C(=O)NCC2CCCCC2)nc2ncnn12. The Bertz CT molecular complexity index is 1310. The fourth-order valence-electron chi connectivity index (χ4n) is 5.30. The van der Waals surface area contributed by atoms with E-state index in [2.05, 4.69) is 25.7 Å². The van der Waals surface area contributed by atoms with E-state index >= 15 is 0 Å². The van der Waals surface area contributed by atoms with Crippen LogP contribution in [0, 0.1) is 12.8 Å². The van der Waals surface area contributed by atoms with Crippen molar-refractivity contribution in [2.24, 2.45) is 5.92 Å². The minimum atomic E-state index is -0.961. The number of aromatic nitrogens is 4. The predicted octanol–water partition coefficient (Wildman–Crippen LogP) is 2.86. The first-order chi connectivity index (χ1) is 16.9. The van der Waals surface area contributed by atoms with E-state index in [1.165, 1.54) is 36.2 Å². The summed E-state index contributed by atoms with van der Waals surface area (Å²) in [6, 6.07) is 4.53. The van der Waals surface area contributed by atoms with Gasteiger partial charge in [-0.3, -0.25) is 9.59 Å². The van der Waals surface area contributed by atoms with Gasteiger partial charge in [0.15, 0.2) is 0 Å². The van der Waals surface area contributed by atoms with Crippen LogP contribution >= 0.6 is 0 Å². The number of carbonyl (C=O) groups excluding carboxylic acids is 2. The van der Waals surface area contributed by atoms with E-state index in [1.807, 2.05) is 0 Å². The largest absolute Gasteiger partial charge is 0.478 e. The fourth-order valence-corrected chi connectivity index (χ4v) is 5.30. The lowest BCUT2D eigenvalue weighted by Crippen LogP contribution is -2.32. The first-order valence-electron chi connectivity index (χ1n) is 12.1. The Morgan fingerprint density at radius 2 is 1.91 bits per heavy atom. The Hall–Kier alpha value is -3.82. The van der Waals surface area contributed by atoms with Crippen LogP contribution in [0.15, 0.2) is 24.5 Å². The molecule has 2 heterocycles. The number of nitrogens with one attached hydrogen (secondary N) is 2. The van der Waals surface area contributed by atoms with Crippen LogP contribution in [0.25, 0.3) is 5.78 Å². The van der Waals surface area contributed by atoms with Crippen LogP contribution in [0.5, 0.6) is 0 Å². The zero-order chi connectivity index (χ0) is 24.5. The molecule has 1 aromatic carbocycles. The van der Waals surface area contributed by atoms with Gasteiger partial charge in [0.25, 0.3) is 17.6 Å². The van der Waals surface area contributed by atoms with Crippen LogP contribution < -0.4 is 10.6 Å². The van der Waals surface area contributed by atoms with Crippen LogP contribution in [0.1, 0.15) is 92.6 Å². The lowest BCUT2D eigenvalue weighted by molar-refractivity contribution is 0.0695. The summed E-state index contributed by atoms with van der Waals surface area (Å²) in [5.74, 6) is -1.05. The summed E-state index contributed by atoms with van der Waals surface area (Å²) < 4.78 is 1.32. The quantitative estimate of drug-likeness (QED) is 0.497. The molecule has 2 aliphatic rings. The summed E-state index contributed by atoms with van der Waals surface area (Å²) in [5, 5.41) is 19.5. The maximum atomic E-state index is 13.3. The first kappa shape index (κ1) is 22.9. The summed E-state index contributed by atoms with van der Waals surface area (Å²) >= 11 is 0. The number of carbonyl (C=O) groups is 3. The molecular formula is C25H28N6O4. The molecule has 2 aromatic heterocycles. The van der Waals surface area contributed by atoms with Gasteiger partial charge in [-0.25, -0.2) is 9.78 Å². The number of rotatable bonds is 6. The molecule has 10 heteroatoms. The number of fused-ring (bicyclic) bond motifs is 2. The third-order valence-corrected chi connectivity index (χ3v) is 7.22. The Kier molecular flexibility index (Phi) is 6.19. The van der Waals surface area contributed by atoms with Gasteiger partial charge in [-0.05, 0) is 61.3 Å². The average molecular weight is 477 g/mol. The number of aromatic carboxylic acids is 1. The Labute approximate surface area is 202 Å². The van der Waals surface area contributed by atoms with Gasteiger partial charge < -0.3 is 15.7 Å². The Morgan fingerprint density at radius 3 is 2.69 bits per heavy atom. The highest BCUT2D eigenvalue weighted by Gasteiger charge is 2.29. The zero-order valence-electron chi connectivity index (χ0n) is 19.6. The van der Waals surface area contributed by atoms with Crippen LogP contribution in [0.2, 0.25) is 0 Å².